The third kappa shape index (κ3) is 11.3. The third-order valence-corrected chi connectivity index (χ3v) is 6.46. The summed E-state index contributed by atoms with van der Waals surface area (Å²) in [5.41, 5.74) is 0. The van der Waals surface area contributed by atoms with Crippen LogP contribution in [-0.2, 0) is 19.1 Å². The van der Waals surface area contributed by atoms with Crippen molar-refractivity contribution in [1.29, 1.82) is 0 Å². The summed E-state index contributed by atoms with van der Waals surface area (Å²) in [5.74, 6) is 0.714. The van der Waals surface area contributed by atoms with Crippen molar-refractivity contribution < 1.29 is 19.1 Å². The van der Waals surface area contributed by atoms with E-state index >= 15 is 0 Å². The molecule has 0 radical (unpaired) electrons. The van der Waals surface area contributed by atoms with Crippen molar-refractivity contribution in [3.63, 3.8) is 0 Å². The highest BCUT2D eigenvalue weighted by atomic mass is 16.5. The molecule has 2 fully saturated rings. The fraction of sp³-hybridized carbons (Fsp3) is 0.917. The van der Waals surface area contributed by atoms with Crippen molar-refractivity contribution in [1.82, 2.24) is 14.7 Å². The van der Waals surface area contributed by atoms with Gasteiger partial charge in [0.2, 0.25) is 0 Å². The molecule has 0 spiro atoms. The van der Waals surface area contributed by atoms with Crippen LogP contribution in [0.25, 0.3) is 0 Å². The van der Waals surface area contributed by atoms with Gasteiger partial charge in [-0.15, -0.1) is 0 Å². The fourth-order valence-corrected chi connectivity index (χ4v) is 4.41. The first-order valence-electron chi connectivity index (χ1n) is 12.6. The summed E-state index contributed by atoms with van der Waals surface area (Å²) >= 11 is 0. The summed E-state index contributed by atoms with van der Waals surface area (Å²) in [4.78, 5) is 30.7. The van der Waals surface area contributed by atoms with Gasteiger partial charge in [-0.05, 0) is 64.1 Å². The minimum atomic E-state index is -0.0632. The maximum absolute atomic E-state index is 11.6. The monoisotopic (exact) mass is 439 g/mol. The zero-order valence-electron chi connectivity index (χ0n) is 20.0. The van der Waals surface area contributed by atoms with Crippen molar-refractivity contribution in [2.24, 2.45) is 5.92 Å². The topological polar surface area (TPSA) is 62.3 Å². The van der Waals surface area contributed by atoms with Gasteiger partial charge in [-0.2, -0.15) is 0 Å². The Bertz CT molecular complexity index is 457. The highest BCUT2D eigenvalue weighted by Gasteiger charge is 2.21. The molecule has 2 aliphatic rings. The van der Waals surface area contributed by atoms with Gasteiger partial charge in [-0.3, -0.25) is 9.59 Å². The van der Waals surface area contributed by atoms with Crippen LogP contribution < -0.4 is 0 Å². The maximum atomic E-state index is 11.6. The number of rotatable bonds is 14. The number of piperazine rings is 1. The zero-order valence-corrected chi connectivity index (χ0v) is 20.0. The Morgan fingerprint density at radius 1 is 0.710 bits per heavy atom. The number of carbonyl (C=O) groups excluding carboxylic acids is 2. The molecule has 31 heavy (non-hydrogen) atoms. The molecule has 0 aromatic carbocycles. The molecule has 2 rings (SSSR count). The van der Waals surface area contributed by atoms with Gasteiger partial charge >= 0.3 is 11.9 Å². The lowest BCUT2D eigenvalue weighted by Crippen LogP contribution is -2.47. The Morgan fingerprint density at radius 3 is 1.65 bits per heavy atom. The van der Waals surface area contributed by atoms with Crippen LogP contribution in [0.3, 0.4) is 0 Å². The number of likely N-dealkylation sites (tertiary alicyclic amines) is 1. The molecule has 2 heterocycles. The average Bonchev–Trinajstić information content (AvgIpc) is 2.80. The Morgan fingerprint density at radius 2 is 1.16 bits per heavy atom. The lowest BCUT2D eigenvalue weighted by Gasteiger charge is -2.35. The number of esters is 2. The van der Waals surface area contributed by atoms with Gasteiger partial charge in [0.1, 0.15) is 0 Å². The predicted molar refractivity (Wildman–Crippen MR) is 123 cm³/mol. The molecule has 0 aliphatic carbocycles. The van der Waals surface area contributed by atoms with Crippen molar-refractivity contribution in [3.05, 3.63) is 0 Å². The minimum Gasteiger partial charge on any atom is -0.466 e. The van der Waals surface area contributed by atoms with Crippen LogP contribution in [0.15, 0.2) is 0 Å². The smallest absolute Gasteiger partial charge is 0.307 e. The molecule has 0 N–H and O–H groups in total. The number of carbonyl (C=O) groups is 2. The molecular formula is C24H45N3O4. The summed E-state index contributed by atoms with van der Waals surface area (Å²) < 4.78 is 10.3. The first kappa shape index (κ1) is 26.1. The van der Waals surface area contributed by atoms with E-state index in [1.807, 2.05) is 13.8 Å². The van der Waals surface area contributed by atoms with Gasteiger partial charge in [0.15, 0.2) is 0 Å². The summed E-state index contributed by atoms with van der Waals surface area (Å²) in [6, 6.07) is 0. The number of piperidine rings is 1. The van der Waals surface area contributed by atoms with Crippen molar-refractivity contribution in [2.45, 2.75) is 65.2 Å². The molecule has 0 aromatic rings. The van der Waals surface area contributed by atoms with Gasteiger partial charge in [-0.25, -0.2) is 0 Å². The molecule has 2 saturated heterocycles. The van der Waals surface area contributed by atoms with Crippen LogP contribution in [0.5, 0.6) is 0 Å². The summed E-state index contributed by atoms with van der Waals surface area (Å²) in [5, 5.41) is 0. The molecule has 180 valence electrons. The largest absolute Gasteiger partial charge is 0.466 e. The Hall–Kier alpha value is -1.18. The second-order valence-electron chi connectivity index (χ2n) is 9.05. The van der Waals surface area contributed by atoms with Gasteiger partial charge in [0, 0.05) is 39.3 Å². The van der Waals surface area contributed by atoms with E-state index in [1.165, 1.54) is 32.2 Å². The standard InChI is InChI=1S/C24H45N3O4/c1-3-20-30-23(28)9-14-26-12-7-22(8-13-26)6-5-11-25-16-18-27(19-17-25)15-10-24(29)31-21-4-2/h22H,3-21H2,1-2H3. The van der Waals surface area contributed by atoms with Crippen molar-refractivity contribution in [2.75, 3.05) is 72.1 Å². The van der Waals surface area contributed by atoms with Crippen LogP contribution >= 0.6 is 0 Å². The van der Waals surface area contributed by atoms with Crippen LogP contribution in [0.4, 0.5) is 0 Å². The van der Waals surface area contributed by atoms with Crippen LogP contribution in [0.2, 0.25) is 0 Å². The molecule has 7 nitrogen and oxygen atoms in total. The fourth-order valence-electron chi connectivity index (χ4n) is 4.41. The molecule has 0 amide bonds. The Balaban J connectivity index is 1.47. The van der Waals surface area contributed by atoms with Gasteiger partial charge in [0.25, 0.3) is 0 Å². The van der Waals surface area contributed by atoms with E-state index in [2.05, 4.69) is 14.7 Å². The van der Waals surface area contributed by atoms with Crippen LogP contribution in [0.1, 0.15) is 65.2 Å². The van der Waals surface area contributed by atoms with Crippen molar-refractivity contribution in [3.8, 4) is 0 Å². The SMILES string of the molecule is CCCOC(=O)CCN1CCC(CCCN2CCN(CCC(=O)OCCC)CC2)CC1. The number of nitrogens with zero attached hydrogens (tertiary/aromatic N) is 3. The summed E-state index contributed by atoms with van der Waals surface area (Å²) in [6.07, 6.45) is 7.92. The Kier molecular flexibility index (Phi) is 13.1. The van der Waals surface area contributed by atoms with E-state index in [-0.39, 0.29) is 11.9 Å². The van der Waals surface area contributed by atoms with E-state index in [4.69, 9.17) is 9.47 Å². The summed E-state index contributed by atoms with van der Waals surface area (Å²) in [6.45, 7) is 14.5. The number of ether oxygens (including phenoxy) is 2. The van der Waals surface area contributed by atoms with Gasteiger partial charge in [-0.1, -0.05) is 13.8 Å². The molecule has 0 unspecified atom stereocenters. The molecular weight excluding hydrogens is 394 g/mol. The zero-order chi connectivity index (χ0) is 22.3. The first-order chi connectivity index (χ1) is 15.1. The van der Waals surface area contributed by atoms with E-state index in [9.17, 15) is 9.59 Å². The van der Waals surface area contributed by atoms with E-state index in [1.54, 1.807) is 0 Å². The highest BCUT2D eigenvalue weighted by molar-refractivity contribution is 5.69. The second-order valence-corrected chi connectivity index (χ2v) is 9.05. The number of hydrogen-bond donors (Lipinski definition) is 0. The molecule has 0 saturated carbocycles. The van der Waals surface area contributed by atoms with E-state index in [0.717, 1.165) is 71.1 Å². The van der Waals surface area contributed by atoms with Gasteiger partial charge < -0.3 is 24.2 Å². The highest BCUT2D eigenvalue weighted by Crippen LogP contribution is 2.22. The molecule has 0 bridgehead atoms. The van der Waals surface area contributed by atoms with Crippen molar-refractivity contribution >= 4 is 11.9 Å². The maximum Gasteiger partial charge on any atom is 0.307 e. The van der Waals surface area contributed by atoms with Crippen LogP contribution in [-0.4, -0.2) is 98.8 Å². The van der Waals surface area contributed by atoms with Gasteiger partial charge in [0.05, 0.1) is 26.1 Å². The second kappa shape index (κ2) is 15.6. The molecule has 2 aliphatic heterocycles. The quantitative estimate of drug-likeness (QED) is 0.386. The van der Waals surface area contributed by atoms with Crippen LogP contribution in [0, 0.1) is 5.92 Å². The van der Waals surface area contributed by atoms with E-state index < -0.39 is 0 Å². The number of hydrogen-bond acceptors (Lipinski definition) is 7. The van der Waals surface area contributed by atoms with E-state index in [0.29, 0.717) is 26.1 Å². The predicted octanol–water partition coefficient (Wildman–Crippen LogP) is 2.78. The average molecular weight is 440 g/mol. The molecule has 0 atom stereocenters. The normalized spacial score (nSPS) is 19.4. The third-order valence-electron chi connectivity index (χ3n) is 6.46. The molecule has 0 aromatic heterocycles. The Labute approximate surface area is 189 Å². The lowest BCUT2D eigenvalue weighted by molar-refractivity contribution is -0.145. The summed E-state index contributed by atoms with van der Waals surface area (Å²) in [7, 11) is 0. The minimum absolute atomic E-state index is 0.0551. The molecule has 7 heteroatoms. The first-order valence-corrected chi connectivity index (χ1v) is 12.6. The lowest BCUT2D eigenvalue weighted by atomic mass is 9.92.